The topological polar surface area (TPSA) is 72.5 Å². The van der Waals surface area contributed by atoms with Gasteiger partial charge in [0.25, 0.3) is 0 Å². The predicted octanol–water partition coefficient (Wildman–Crippen LogP) is 2.48. The standard InChI is InChI=1S/C18H21NO4S/c1-14-6-8-17(9-7-14)24(21,22)11-10-18(20)19-13-15-4-3-5-16(12-15)23-2/h3-9,12H,10-11,13H2,1-2H3,(H,19,20). The third kappa shape index (κ3) is 5.09. The van der Waals surface area contributed by atoms with E-state index in [0.717, 1.165) is 11.1 Å². The van der Waals surface area contributed by atoms with Gasteiger partial charge in [-0.05, 0) is 36.8 Å². The number of carbonyl (C=O) groups excluding carboxylic acids is 1. The smallest absolute Gasteiger partial charge is 0.221 e. The van der Waals surface area contributed by atoms with Crippen LogP contribution in [-0.4, -0.2) is 27.2 Å². The van der Waals surface area contributed by atoms with Gasteiger partial charge >= 0.3 is 0 Å². The first kappa shape index (κ1) is 18.0. The summed E-state index contributed by atoms with van der Waals surface area (Å²) >= 11 is 0. The summed E-state index contributed by atoms with van der Waals surface area (Å²) in [6.07, 6.45) is -0.0693. The summed E-state index contributed by atoms with van der Waals surface area (Å²) in [4.78, 5) is 12.1. The molecule has 0 aliphatic heterocycles. The fourth-order valence-electron chi connectivity index (χ4n) is 2.16. The molecular formula is C18H21NO4S. The van der Waals surface area contributed by atoms with E-state index in [9.17, 15) is 13.2 Å². The predicted molar refractivity (Wildman–Crippen MR) is 92.7 cm³/mol. The molecule has 0 atom stereocenters. The molecule has 1 N–H and O–H groups in total. The van der Waals surface area contributed by atoms with E-state index in [1.54, 1.807) is 31.4 Å². The van der Waals surface area contributed by atoms with Crippen molar-refractivity contribution >= 4 is 15.7 Å². The zero-order valence-corrected chi connectivity index (χ0v) is 14.6. The molecule has 0 unspecified atom stereocenters. The molecule has 0 fully saturated rings. The Kier molecular flexibility index (Phi) is 5.98. The lowest BCUT2D eigenvalue weighted by Gasteiger charge is -2.08. The minimum atomic E-state index is -3.45. The highest BCUT2D eigenvalue weighted by Gasteiger charge is 2.16. The summed E-state index contributed by atoms with van der Waals surface area (Å²) in [6.45, 7) is 2.23. The zero-order valence-electron chi connectivity index (χ0n) is 13.8. The van der Waals surface area contributed by atoms with Crippen LogP contribution in [0.3, 0.4) is 0 Å². The van der Waals surface area contributed by atoms with Gasteiger partial charge in [-0.3, -0.25) is 4.79 Å². The quantitative estimate of drug-likeness (QED) is 0.835. The summed E-state index contributed by atoms with van der Waals surface area (Å²) in [6, 6.07) is 14.0. The van der Waals surface area contributed by atoms with Gasteiger partial charge in [0.2, 0.25) is 5.91 Å². The second-order valence-corrected chi connectivity index (χ2v) is 7.62. The van der Waals surface area contributed by atoms with Crippen molar-refractivity contribution in [3.8, 4) is 5.75 Å². The van der Waals surface area contributed by atoms with Crippen molar-refractivity contribution in [2.45, 2.75) is 24.8 Å². The van der Waals surface area contributed by atoms with Crippen LogP contribution >= 0.6 is 0 Å². The number of aryl methyl sites for hydroxylation is 1. The molecule has 2 aromatic carbocycles. The van der Waals surface area contributed by atoms with Gasteiger partial charge in [-0.25, -0.2) is 8.42 Å². The molecular weight excluding hydrogens is 326 g/mol. The van der Waals surface area contributed by atoms with Crippen LogP contribution in [0.15, 0.2) is 53.4 Å². The molecule has 0 spiro atoms. The maximum absolute atomic E-state index is 12.2. The second-order valence-electron chi connectivity index (χ2n) is 5.51. The van der Waals surface area contributed by atoms with E-state index in [-0.39, 0.29) is 23.0 Å². The van der Waals surface area contributed by atoms with Gasteiger partial charge in [0.1, 0.15) is 5.75 Å². The molecule has 0 saturated carbocycles. The molecule has 0 bridgehead atoms. The number of ether oxygens (including phenoxy) is 1. The van der Waals surface area contributed by atoms with Crippen LogP contribution in [0.5, 0.6) is 5.75 Å². The monoisotopic (exact) mass is 347 g/mol. The molecule has 0 aliphatic carbocycles. The van der Waals surface area contributed by atoms with Gasteiger partial charge in [0, 0.05) is 13.0 Å². The summed E-state index contributed by atoms with van der Waals surface area (Å²) < 4.78 is 29.5. The summed E-state index contributed by atoms with van der Waals surface area (Å²) in [5.74, 6) is 0.206. The molecule has 1 amide bonds. The van der Waals surface area contributed by atoms with E-state index in [4.69, 9.17) is 4.74 Å². The van der Waals surface area contributed by atoms with Crippen LogP contribution in [0.2, 0.25) is 0 Å². The molecule has 0 saturated heterocycles. The Balaban J connectivity index is 1.87. The van der Waals surface area contributed by atoms with Gasteiger partial charge in [-0.2, -0.15) is 0 Å². The number of carbonyl (C=O) groups is 1. The third-order valence-electron chi connectivity index (χ3n) is 3.60. The molecule has 5 nitrogen and oxygen atoms in total. The number of hydrogen-bond donors (Lipinski definition) is 1. The SMILES string of the molecule is COc1cccc(CNC(=O)CCS(=O)(=O)c2ccc(C)cc2)c1. The van der Waals surface area contributed by atoms with E-state index in [0.29, 0.717) is 12.3 Å². The Morgan fingerprint density at radius 2 is 1.83 bits per heavy atom. The number of amides is 1. The molecule has 2 rings (SSSR count). The Labute approximate surface area is 142 Å². The zero-order chi connectivity index (χ0) is 17.6. The molecule has 0 heterocycles. The lowest BCUT2D eigenvalue weighted by Crippen LogP contribution is -2.25. The second kappa shape index (κ2) is 7.97. The Morgan fingerprint density at radius 1 is 1.12 bits per heavy atom. The van der Waals surface area contributed by atoms with E-state index >= 15 is 0 Å². The van der Waals surface area contributed by atoms with Crippen molar-refractivity contribution in [1.29, 1.82) is 0 Å². The molecule has 6 heteroatoms. The fourth-order valence-corrected chi connectivity index (χ4v) is 3.40. The van der Waals surface area contributed by atoms with Crippen LogP contribution in [-0.2, 0) is 21.2 Å². The molecule has 128 valence electrons. The highest BCUT2D eigenvalue weighted by molar-refractivity contribution is 7.91. The van der Waals surface area contributed by atoms with Gasteiger partial charge in [-0.1, -0.05) is 29.8 Å². The first-order chi connectivity index (χ1) is 11.4. The van der Waals surface area contributed by atoms with Crippen LogP contribution in [0.4, 0.5) is 0 Å². The van der Waals surface area contributed by atoms with Crippen LogP contribution in [0.1, 0.15) is 17.5 Å². The highest BCUT2D eigenvalue weighted by atomic mass is 32.2. The third-order valence-corrected chi connectivity index (χ3v) is 5.33. The first-order valence-corrected chi connectivity index (χ1v) is 9.25. The Morgan fingerprint density at radius 3 is 2.50 bits per heavy atom. The van der Waals surface area contributed by atoms with Crippen LogP contribution in [0.25, 0.3) is 0 Å². The van der Waals surface area contributed by atoms with E-state index in [2.05, 4.69) is 5.32 Å². The lowest BCUT2D eigenvalue weighted by molar-refractivity contribution is -0.120. The molecule has 0 aliphatic rings. The van der Waals surface area contributed by atoms with E-state index in [1.807, 2.05) is 31.2 Å². The van der Waals surface area contributed by atoms with Crippen molar-refractivity contribution in [3.63, 3.8) is 0 Å². The van der Waals surface area contributed by atoms with Crippen LogP contribution < -0.4 is 10.1 Å². The number of sulfone groups is 1. The minimum Gasteiger partial charge on any atom is -0.497 e. The van der Waals surface area contributed by atoms with Crippen LogP contribution in [0, 0.1) is 6.92 Å². The van der Waals surface area contributed by atoms with Crippen molar-refractivity contribution < 1.29 is 17.9 Å². The first-order valence-electron chi connectivity index (χ1n) is 7.60. The summed E-state index contributed by atoms with van der Waals surface area (Å²) in [5, 5.41) is 2.72. The summed E-state index contributed by atoms with van der Waals surface area (Å²) in [7, 11) is -1.87. The van der Waals surface area contributed by atoms with Gasteiger partial charge < -0.3 is 10.1 Å². The van der Waals surface area contributed by atoms with Crippen molar-refractivity contribution in [2.24, 2.45) is 0 Å². The molecule has 2 aromatic rings. The summed E-state index contributed by atoms with van der Waals surface area (Å²) in [5.41, 5.74) is 1.88. The Bertz CT molecular complexity index is 798. The number of benzene rings is 2. The number of hydrogen-bond acceptors (Lipinski definition) is 4. The maximum Gasteiger partial charge on any atom is 0.221 e. The number of rotatable bonds is 7. The normalized spacial score (nSPS) is 11.1. The average molecular weight is 347 g/mol. The van der Waals surface area contributed by atoms with E-state index in [1.165, 1.54) is 0 Å². The van der Waals surface area contributed by atoms with E-state index < -0.39 is 9.84 Å². The lowest BCUT2D eigenvalue weighted by atomic mass is 10.2. The maximum atomic E-state index is 12.2. The van der Waals surface area contributed by atoms with Gasteiger partial charge in [-0.15, -0.1) is 0 Å². The molecule has 24 heavy (non-hydrogen) atoms. The van der Waals surface area contributed by atoms with Crippen molar-refractivity contribution in [3.05, 3.63) is 59.7 Å². The molecule has 0 radical (unpaired) electrons. The van der Waals surface area contributed by atoms with Gasteiger partial charge in [0.15, 0.2) is 9.84 Å². The van der Waals surface area contributed by atoms with Crippen molar-refractivity contribution in [1.82, 2.24) is 5.32 Å². The molecule has 0 aromatic heterocycles. The minimum absolute atomic E-state index is 0.0693. The fraction of sp³-hybridized carbons (Fsp3) is 0.278. The number of methoxy groups -OCH3 is 1. The number of nitrogens with one attached hydrogen (secondary N) is 1. The highest BCUT2D eigenvalue weighted by Crippen LogP contribution is 2.14. The average Bonchev–Trinajstić information content (AvgIpc) is 2.59. The largest absolute Gasteiger partial charge is 0.497 e. The van der Waals surface area contributed by atoms with Crippen molar-refractivity contribution in [2.75, 3.05) is 12.9 Å². The Hall–Kier alpha value is -2.34. The van der Waals surface area contributed by atoms with Gasteiger partial charge in [0.05, 0.1) is 17.8 Å².